The van der Waals surface area contributed by atoms with Crippen LogP contribution in [0.3, 0.4) is 0 Å². The van der Waals surface area contributed by atoms with Gasteiger partial charge in [0, 0.05) is 0 Å². The quantitative estimate of drug-likeness (QED) is 0.830. The summed E-state index contributed by atoms with van der Waals surface area (Å²) in [6.45, 7) is 7.13. The summed E-state index contributed by atoms with van der Waals surface area (Å²) < 4.78 is 5.66. The first-order valence-corrected chi connectivity index (χ1v) is 7.57. The summed E-state index contributed by atoms with van der Waals surface area (Å²) in [7, 11) is 0. The van der Waals surface area contributed by atoms with Crippen molar-refractivity contribution >= 4 is 5.91 Å². The second kappa shape index (κ2) is 7.64. The Kier molecular flexibility index (Phi) is 5.59. The lowest BCUT2D eigenvalue weighted by atomic mass is 10.0. The van der Waals surface area contributed by atoms with Crippen LogP contribution in [0.5, 0.6) is 5.75 Å². The van der Waals surface area contributed by atoms with E-state index in [1.54, 1.807) is 0 Å². The molecule has 0 bridgehead atoms. The molecule has 1 N–H and O–H groups in total. The van der Waals surface area contributed by atoms with Crippen LogP contribution in [0, 0.1) is 20.8 Å². The van der Waals surface area contributed by atoms with Gasteiger partial charge in [-0.1, -0.05) is 36.4 Å². The van der Waals surface area contributed by atoms with E-state index in [1.807, 2.05) is 37.3 Å². The van der Waals surface area contributed by atoms with Crippen LogP contribution in [0.2, 0.25) is 0 Å². The zero-order valence-electron chi connectivity index (χ0n) is 13.5. The van der Waals surface area contributed by atoms with E-state index >= 15 is 0 Å². The molecule has 0 aromatic heterocycles. The van der Waals surface area contributed by atoms with E-state index in [0.717, 1.165) is 16.9 Å². The molecule has 3 nitrogen and oxygen atoms in total. The van der Waals surface area contributed by atoms with Gasteiger partial charge < -0.3 is 10.1 Å². The van der Waals surface area contributed by atoms with Crippen molar-refractivity contribution in [3.8, 4) is 5.75 Å². The lowest BCUT2D eigenvalue weighted by molar-refractivity contribution is -0.120. The van der Waals surface area contributed by atoms with Gasteiger partial charge in [-0.15, -0.1) is 0 Å². The first kappa shape index (κ1) is 16.1. The Morgan fingerprint density at radius 2 is 1.77 bits per heavy atom. The number of para-hydroxylation sites is 1. The largest absolute Gasteiger partial charge is 0.491 e. The molecule has 2 rings (SSSR count). The van der Waals surface area contributed by atoms with Crippen LogP contribution in [0.1, 0.15) is 22.3 Å². The molecule has 0 saturated heterocycles. The predicted octanol–water partition coefficient (Wildman–Crippen LogP) is 3.35. The first-order valence-electron chi connectivity index (χ1n) is 7.57. The van der Waals surface area contributed by atoms with Gasteiger partial charge in [0.25, 0.3) is 0 Å². The van der Waals surface area contributed by atoms with Crippen molar-refractivity contribution < 1.29 is 9.53 Å². The zero-order valence-corrected chi connectivity index (χ0v) is 13.5. The number of carbonyl (C=O) groups is 1. The number of amides is 1. The monoisotopic (exact) mass is 297 g/mol. The average Bonchev–Trinajstić information content (AvgIpc) is 2.49. The van der Waals surface area contributed by atoms with Crippen LogP contribution < -0.4 is 10.1 Å². The summed E-state index contributed by atoms with van der Waals surface area (Å²) >= 11 is 0. The van der Waals surface area contributed by atoms with Gasteiger partial charge in [0.1, 0.15) is 12.4 Å². The van der Waals surface area contributed by atoms with Crippen LogP contribution in [-0.4, -0.2) is 19.1 Å². The average molecular weight is 297 g/mol. The van der Waals surface area contributed by atoms with Crippen molar-refractivity contribution in [2.75, 3.05) is 13.2 Å². The van der Waals surface area contributed by atoms with Gasteiger partial charge in [-0.2, -0.15) is 0 Å². The maximum atomic E-state index is 11.9. The van der Waals surface area contributed by atoms with Gasteiger partial charge in [-0.25, -0.2) is 0 Å². The molecule has 0 saturated carbocycles. The zero-order chi connectivity index (χ0) is 15.9. The second-order valence-corrected chi connectivity index (χ2v) is 5.56. The third kappa shape index (κ3) is 4.62. The van der Waals surface area contributed by atoms with Crippen LogP contribution in [-0.2, 0) is 11.2 Å². The predicted molar refractivity (Wildman–Crippen MR) is 89.3 cm³/mol. The maximum absolute atomic E-state index is 11.9. The van der Waals surface area contributed by atoms with Gasteiger partial charge in [0.05, 0.1) is 13.0 Å². The van der Waals surface area contributed by atoms with E-state index < -0.39 is 0 Å². The molecule has 0 spiro atoms. The van der Waals surface area contributed by atoms with E-state index in [2.05, 4.69) is 31.3 Å². The molecule has 0 aliphatic rings. The van der Waals surface area contributed by atoms with E-state index in [9.17, 15) is 4.79 Å². The van der Waals surface area contributed by atoms with Gasteiger partial charge >= 0.3 is 0 Å². The van der Waals surface area contributed by atoms with Gasteiger partial charge in [-0.05, 0) is 49.1 Å². The Morgan fingerprint density at radius 1 is 1.00 bits per heavy atom. The summed E-state index contributed by atoms with van der Waals surface area (Å²) in [5.41, 5.74) is 4.60. The molecule has 0 aliphatic carbocycles. The molecule has 2 aromatic carbocycles. The highest BCUT2D eigenvalue weighted by Crippen LogP contribution is 2.15. The number of hydrogen-bond donors (Lipinski definition) is 1. The summed E-state index contributed by atoms with van der Waals surface area (Å²) in [6.07, 6.45) is 0.408. The Labute approximate surface area is 132 Å². The molecule has 116 valence electrons. The van der Waals surface area contributed by atoms with Crippen LogP contribution in [0.25, 0.3) is 0 Å². The standard InChI is InChI=1S/C19H23NO2/c1-14-8-9-17(12-16(14)3)13-19(21)20-10-11-22-18-7-5-4-6-15(18)2/h4-9,12H,10-11,13H2,1-3H3,(H,20,21). The molecule has 22 heavy (non-hydrogen) atoms. The molecule has 2 aromatic rings. The molecular formula is C19H23NO2. The topological polar surface area (TPSA) is 38.3 Å². The molecule has 0 aliphatic heterocycles. The molecule has 0 atom stereocenters. The van der Waals surface area contributed by atoms with Crippen LogP contribution in [0.15, 0.2) is 42.5 Å². The van der Waals surface area contributed by atoms with Crippen LogP contribution >= 0.6 is 0 Å². The second-order valence-electron chi connectivity index (χ2n) is 5.56. The van der Waals surface area contributed by atoms with Crippen molar-refractivity contribution in [1.82, 2.24) is 5.32 Å². The van der Waals surface area contributed by atoms with Crippen molar-refractivity contribution in [2.24, 2.45) is 0 Å². The lowest BCUT2D eigenvalue weighted by Crippen LogP contribution is -2.29. The van der Waals surface area contributed by atoms with Crippen molar-refractivity contribution in [3.05, 3.63) is 64.7 Å². The Hall–Kier alpha value is -2.29. The molecule has 0 radical (unpaired) electrons. The number of ether oxygens (including phenoxy) is 1. The van der Waals surface area contributed by atoms with Gasteiger partial charge in [0.2, 0.25) is 5.91 Å². The first-order chi connectivity index (χ1) is 10.6. The summed E-state index contributed by atoms with van der Waals surface area (Å²) in [6, 6.07) is 14.0. The molecular weight excluding hydrogens is 274 g/mol. The number of rotatable bonds is 6. The molecule has 0 heterocycles. The van der Waals surface area contributed by atoms with Gasteiger partial charge in [0.15, 0.2) is 0 Å². The van der Waals surface area contributed by atoms with Crippen molar-refractivity contribution in [3.63, 3.8) is 0 Å². The molecule has 0 unspecified atom stereocenters. The van der Waals surface area contributed by atoms with Gasteiger partial charge in [-0.3, -0.25) is 4.79 Å². The lowest BCUT2D eigenvalue weighted by Gasteiger charge is -2.10. The van der Waals surface area contributed by atoms with Crippen molar-refractivity contribution in [1.29, 1.82) is 0 Å². The Bertz CT molecular complexity index is 650. The van der Waals surface area contributed by atoms with E-state index in [-0.39, 0.29) is 5.91 Å². The fraction of sp³-hybridized carbons (Fsp3) is 0.316. The Morgan fingerprint density at radius 3 is 2.50 bits per heavy atom. The number of benzene rings is 2. The van der Waals surface area contributed by atoms with Crippen molar-refractivity contribution in [2.45, 2.75) is 27.2 Å². The summed E-state index contributed by atoms with van der Waals surface area (Å²) in [5.74, 6) is 0.891. The number of nitrogens with one attached hydrogen (secondary N) is 1. The molecule has 3 heteroatoms. The number of aryl methyl sites for hydroxylation is 3. The highest BCUT2D eigenvalue weighted by Gasteiger charge is 2.04. The minimum absolute atomic E-state index is 0.0247. The fourth-order valence-electron chi connectivity index (χ4n) is 2.23. The van der Waals surface area contributed by atoms with E-state index in [4.69, 9.17) is 4.74 Å². The van der Waals surface area contributed by atoms with Crippen LogP contribution in [0.4, 0.5) is 0 Å². The van der Waals surface area contributed by atoms with E-state index in [0.29, 0.717) is 19.6 Å². The van der Waals surface area contributed by atoms with E-state index in [1.165, 1.54) is 11.1 Å². The smallest absolute Gasteiger partial charge is 0.224 e. The Balaban J connectivity index is 1.74. The SMILES string of the molecule is Cc1ccc(CC(=O)NCCOc2ccccc2C)cc1C. The number of hydrogen-bond acceptors (Lipinski definition) is 2. The highest BCUT2D eigenvalue weighted by atomic mass is 16.5. The fourth-order valence-corrected chi connectivity index (χ4v) is 2.23. The third-order valence-electron chi connectivity index (χ3n) is 3.71. The minimum atomic E-state index is 0.0247. The third-order valence-corrected chi connectivity index (χ3v) is 3.71. The summed E-state index contributed by atoms with van der Waals surface area (Å²) in [5, 5.41) is 2.89. The minimum Gasteiger partial charge on any atom is -0.491 e. The molecule has 0 fully saturated rings. The normalized spacial score (nSPS) is 10.3. The highest BCUT2D eigenvalue weighted by molar-refractivity contribution is 5.78. The maximum Gasteiger partial charge on any atom is 0.224 e. The number of carbonyl (C=O) groups excluding carboxylic acids is 1. The summed E-state index contributed by atoms with van der Waals surface area (Å²) in [4.78, 5) is 11.9. The molecule has 1 amide bonds.